The summed E-state index contributed by atoms with van der Waals surface area (Å²) in [5, 5.41) is 0. The molecule has 1 aromatic rings. The van der Waals surface area contributed by atoms with Crippen molar-refractivity contribution in [2.45, 2.75) is 20.0 Å². The van der Waals surface area contributed by atoms with Crippen LogP contribution in [0.4, 0.5) is 0 Å². The second-order valence-electron chi connectivity index (χ2n) is 3.55. The van der Waals surface area contributed by atoms with Crippen LogP contribution in [0.25, 0.3) is 0 Å². The van der Waals surface area contributed by atoms with Gasteiger partial charge in [-0.05, 0) is 12.5 Å². The summed E-state index contributed by atoms with van der Waals surface area (Å²) in [6.45, 7) is 2.48. The van der Waals surface area contributed by atoms with E-state index in [1.54, 1.807) is 0 Å². The number of hydrogen-bond acceptors (Lipinski definition) is 4. The predicted octanol–water partition coefficient (Wildman–Crippen LogP) is 2.24. The van der Waals surface area contributed by atoms with Crippen LogP contribution in [0.3, 0.4) is 0 Å². The van der Waals surface area contributed by atoms with Gasteiger partial charge in [0.1, 0.15) is 13.0 Å². The van der Waals surface area contributed by atoms with Gasteiger partial charge in [-0.3, -0.25) is 9.59 Å². The predicted molar refractivity (Wildman–Crippen MR) is 66.6 cm³/mol. The van der Waals surface area contributed by atoms with Crippen molar-refractivity contribution in [2.24, 2.45) is 0 Å². The number of ether oxygens (including phenoxy) is 2. The minimum atomic E-state index is -0.537. The van der Waals surface area contributed by atoms with Gasteiger partial charge in [-0.15, -0.1) is 0 Å². The van der Waals surface area contributed by atoms with E-state index in [-0.39, 0.29) is 18.8 Å². The first-order valence-corrected chi connectivity index (χ1v) is 5.73. The van der Waals surface area contributed by atoms with Crippen molar-refractivity contribution in [3.05, 3.63) is 48.2 Å². The Morgan fingerprint density at radius 3 is 2.61 bits per heavy atom. The van der Waals surface area contributed by atoms with E-state index in [2.05, 4.69) is 0 Å². The molecular formula is C14H16O4. The maximum absolute atomic E-state index is 11.3. The maximum atomic E-state index is 11.3. The molecule has 0 radical (unpaired) electrons. The minimum Gasteiger partial charge on any atom is -0.501 e. The fourth-order valence-corrected chi connectivity index (χ4v) is 1.21. The lowest BCUT2D eigenvalue weighted by Crippen LogP contribution is -2.09. The standard InChI is InChI=1S/C14H16O4/c1-2-17-9-8-13(15)10-14(16)18-11-12-6-4-3-5-7-12/h3-9H,2,10-11H2,1H3. The van der Waals surface area contributed by atoms with Gasteiger partial charge in [-0.25, -0.2) is 0 Å². The average Bonchev–Trinajstić information content (AvgIpc) is 2.38. The Morgan fingerprint density at radius 1 is 1.22 bits per heavy atom. The summed E-state index contributed by atoms with van der Waals surface area (Å²) < 4.78 is 9.83. The zero-order chi connectivity index (χ0) is 13.2. The molecule has 0 aromatic heterocycles. The van der Waals surface area contributed by atoms with Gasteiger partial charge in [-0.1, -0.05) is 30.3 Å². The fraction of sp³-hybridized carbons (Fsp3) is 0.286. The van der Waals surface area contributed by atoms with Gasteiger partial charge in [0.25, 0.3) is 0 Å². The van der Waals surface area contributed by atoms with E-state index in [4.69, 9.17) is 9.47 Å². The normalized spacial score (nSPS) is 10.3. The Bertz CT molecular complexity index is 409. The molecule has 4 nitrogen and oxygen atoms in total. The van der Waals surface area contributed by atoms with E-state index in [1.807, 2.05) is 37.3 Å². The molecule has 4 heteroatoms. The van der Waals surface area contributed by atoms with Gasteiger partial charge in [0.15, 0.2) is 5.78 Å². The number of ketones is 1. The minimum absolute atomic E-state index is 0.183. The van der Waals surface area contributed by atoms with Crippen LogP contribution in [0.1, 0.15) is 18.9 Å². The molecule has 0 spiro atoms. The number of esters is 1. The summed E-state index contributed by atoms with van der Waals surface area (Å²) in [4.78, 5) is 22.6. The van der Waals surface area contributed by atoms with Crippen LogP contribution in [0.5, 0.6) is 0 Å². The van der Waals surface area contributed by atoms with E-state index < -0.39 is 5.97 Å². The first-order chi connectivity index (χ1) is 8.72. The summed E-state index contributed by atoms with van der Waals surface area (Å²) in [5.41, 5.74) is 0.892. The smallest absolute Gasteiger partial charge is 0.314 e. The van der Waals surface area contributed by atoms with Gasteiger partial charge in [0, 0.05) is 6.08 Å². The zero-order valence-electron chi connectivity index (χ0n) is 10.3. The summed E-state index contributed by atoms with van der Waals surface area (Å²) in [5.74, 6) is -0.869. The maximum Gasteiger partial charge on any atom is 0.314 e. The van der Waals surface area contributed by atoms with Crippen LogP contribution in [0, 0.1) is 0 Å². The molecule has 1 rings (SSSR count). The highest BCUT2D eigenvalue weighted by Gasteiger charge is 2.08. The van der Waals surface area contributed by atoms with Crippen LogP contribution in [0.15, 0.2) is 42.7 Å². The Balaban J connectivity index is 2.27. The highest BCUT2D eigenvalue weighted by Crippen LogP contribution is 2.02. The van der Waals surface area contributed by atoms with Gasteiger partial charge >= 0.3 is 5.97 Å². The summed E-state index contributed by atoms with van der Waals surface area (Å²) >= 11 is 0. The van der Waals surface area contributed by atoms with Crippen molar-refractivity contribution in [3.8, 4) is 0 Å². The van der Waals surface area contributed by atoms with E-state index >= 15 is 0 Å². The van der Waals surface area contributed by atoms with Gasteiger partial charge < -0.3 is 9.47 Å². The Kier molecular flexibility index (Phi) is 6.25. The Hall–Kier alpha value is -2.10. The number of hydrogen-bond donors (Lipinski definition) is 0. The average molecular weight is 248 g/mol. The molecule has 96 valence electrons. The molecule has 1 aromatic carbocycles. The molecule has 0 bridgehead atoms. The quantitative estimate of drug-likeness (QED) is 0.321. The van der Waals surface area contributed by atoms with E-state index in [0.717, 1.165) is 5.56 Å². The van der Waals surface area contributed by atoms with Crippen LogP contribution in [-0.2, 0) is 25.7 Å². The van der Waals surface area contributed by atoms with E-state index in [0.29, 0.717) is 6.61 Å². The third kappa shape index (κ3) is 5.84. The van der Waals surface area contributed by atoms with Crippen molar-refractivity contribution in [1.82, 2.24) is 0 Å². The SMILES string of the molecule is CCOC=CC(=O)CC(=O)OCc1ccccc1. The van der Waals surface area contributed by atoms with Crippen molar-refractivity contribution in [2.75, 3.05) is 6.61 Å². The largest absolute Gasteiger partial charge is 0.501 e. The molecule has 0 heterocycles. The van der Waals surface area contributed by atoms with Crippen LogP contribution in [0.2, 0.25) is 0 Å². The molecule has 0 N–H and O–H groups in total. The topological polar surface area (TPSA) is 52.6 Å². The molecule has 0 aliphatic rings. The fourth-order valence-electron chi connectivity index (χ4n) is 1.21. The lowest BCUT2D eigenvalue weighted by molar-refractivity contribution is -0.146. The van der Waals surface area contributed by atoms with Crippen LogP contribution < -0.4 is 0 Å². The number of carbonyl (C=O) groups excluding carboxylic acids is 2. The van der Waals surface area contributed by atoms with Gasteiger partial charge in [0.05, 0.1) is 12.9 Å². The molecule has 0 atom stereocenters. The zero-order valence-corrected chi connectivity index (χ0v) is 10.3. The molecular weight excluding hydrogens is 232 g/mol. The van der Waals surface area contributed by atoms with Gasteiger partial charge in [-0.2, -0.15) is 0 Å². The third-order valence-electron chi connectivity index (χ3n) is 2.08. The second-order valence-corrected chi connectivity index (χ2v) is 3.55. The molecule has 18 heavy (non-hydrogen) atoms. The van der Waals surface area contributed by atoms with E-state index in [9.17, 15) is 9.59 Å². The molecule has 0 aliphatic heterocycles. The van der Waals surface area contributed by atoms with Gasteiger partial charge in [0.2, 0.25) is 0 Å². The van der Waals surface area contributed by atoms with Crippen molar-refractivity contribution >= 4 is 11.8 Å². The lowest BCUT2D eigenvalue weighted by atomic mass is 10.2. The highest BCUT2D eigenvalue weighted by molar-refractivity contribution is 6.01. The summed E-state index contributed by atoms with van der Waals surface area (Å²) in [6, 6.07) is 9.31. The number of rotatable bonds is 7. The molecule has 0 unspecified atom stereocenters. The molecule has 0 saturated carbocycles. The number of benzene rings is 1. The van der Waals surface area contributed by atoms with Crippen molar-refractivity contribution in [3.63, 3.8) is 0 Å². The molecule has 0 saturated heterocycles. The molecule has 0 aliphatic carbocycles. The first kappa shape index (κ1) is 14.0. The number of carbonyl (C=O) groups is 2. The van der Waals surface area contributed by atoms with Crippen LogP contribution >= 0.6 is 0 Å². The lowest BCUT2D eigenvalue weighted by Gasteiger charge is -2.03. The molecule has 0 fully saturated rings. The van der Waals surface area contributed by atoms with Crippen LogP contribution in [-0.4, -0.2) is 18.4 Å². The summed E-state index contributed by atoms with van der Waals surface area (Å²) in [6.07, 6.45) is 2.25. The third-order valence-corrected chi connectivity index (χ3v) is 2.08. The second kappa shape index (κ2) is 8.06. The highest BCUT2D eigenvalue weighted by atomic mass is 16.5. The Morgan fingerprint density at radius 2 is 1.94 bits per heavy atom. The van der Waals surface area contributed by atoms with E-state index in [1.165, 1.54) is 12.3 Å². The molecule has 0 amide bonds. The first-order valence-electron chi connectivity index (χ1n) is 5.73. The monoisotopic (exact) mass is 248 g/mol. The van der Waals surface area contributed by atoms with Crippen molar-refractivity contribution in [1.29, 1.82) is 0 Å². The number of allylic oxidation sites excluding steroid dienone is 1. The summed E-state index contributed by atoms with van der Waals surface area (Å²) in [7, 11) is 0. The van der Waals surface area contributed by atoms with Crippen molar-refractivity contribution < 1.29 is 19.1 Å². The Labute approximate surface area is 106 Å².